The number of amides is 2. The summed E-state index contributed by atoms with van der Waals surface area (Å²) in [4.78, 5) is 23.6. The van der Waals surface area contributed by atoms with Crippen molar-refractivity contribution in [1.82, 2.24) is 0 Å². The number of carbonyl (C=O) groups excluding carboxylic acids is 2. The molecule has 9 heteroatoms. The second kappa shape index (κ2) is 7.89. The molecule has 0 saturated heterocycles. The Morgan fingerprint density at radius 3 is 2.82 bits per heavy atom. The van der Waals surface area contributed by atoms with Crippen LogP contribution in [0.3, 0.4) is 0 Å². The zero-order valence-electron chi connectivity index (χ0n) is 15.4. The molecule has 1 aliphatic heterocycles. The lowest BCUT2D eigenvalue weighted by atomic mass is 10.2. The van der Waals surface area contributed by atoms with Gasteiger partial charge >= 0.3 is 0 Å². The van der Waals surface area contributed by atoms with Crippen LogP contribution in [0.5, 0.6) is 11.5 Å². The third kappa shape index (κ3) is 4.25. The molecule has 0 aliphatic carbocycles. The summed E-state index contributed by atoms with van der Waals surface area (Å²) in [6.07, 6.45) is -0.214. The standard InChI is InChI=1S/C19H20N2O6S/c1-12(8-18(22)20-13-4-3-5-14(9-13)26-2)28(24,25)15-6-7-16-17(10-15)27-11-19(23)21-16/h3-7,9-10,12H,8,11H2,1-2H3,(H,20,22)(H,21,23). The molecule has 2 aromatic rings. The van der Waals surface area contributed by atoms with E-state index in [-0.39, 0.29) is 29.6 Å². The van der Waals surface area contributed by atoms with E-state index in [2.05, 4.69) is 10.6 Å². The van der Waals surface area contributed by atoms with Crippen molar-refractivity contribution in [3.8, 4) is 11.5 Å². The number of carbonyl (C=O) groups is 2. The molecule has 0 aromatic heterocycles. The SMILES string of the molecule is COc1cccc(NC(=O)CC(C)S(=O)(=O)c2ccc3c(c2)OCC(=O)N3)c1. The first kappa shape index (κ1) is 19.7. The molecular formula is C19H20N2O6S. The topological polar surface area (TPSA) is 111 Å². The van der Waals surface area contributed by atoms with E-state index in [0.29, 0.717) is 17.1 Å². The average Bonchev–Trinajstić information content (AvgIpc) is 2.67. The molecule has 2 amide bonds. The molecule has 0 radical (unpaired) electrons. The van der Waals surface area contributed by atoms with E-state index >= 15 is 0 Å². The van der Waals surface area contributed by atoms with Crippen LogP contribution in [0.1, 0.15) is 13.3 Å². The van der Waals surface area contributed by atoms with E-state index < -0.39 is 21.0 Å². The highest BCUT2D eigenvalue weighted by molar-refractivity contribution is 7.92. The fourth-order valence-electron chi connectivity index (χ4n) is 2.75. The van der Waals surface area contributed by atoms with E-state index in [0.717, 1.165) is 0 Å². The van der Waals surface area contributed by atoms with Crippen molar-refractivity contribution in [3.05, 3.63) is 42.5 Å². The summed E-state index contributed by atoms with van der Waals surface area (Å²) in [5.41, 5.74) is 0.936. The second-order valence-electron chi connectivity index (χ2n) is 6.33. The lowest BCUT2D eigenvalue weighted by Gasteiger charge is -2.19. The number of methoxy groups -OCH3 is 1. The summed E-state index contributed by atoms with van der Waals surface area (Å²) in [6, 6.07) is 11.0. The molecule has 8 nitrogen and oxygen atoms in total. The van der Waals surface area contributed by atoms with Crippen molar-refractivity contribution in [2.45, 2.75) is 23.5 Å². The summed E-state index contributed by atoms with van der Waals surface area (Å²) in [5, 5.41) is 4.32. The third-order valence-corrected chi connectivity index (χ3v) is 6.41. The van der Waals surface area contributed by atoms with E-state index in [1.54, 1.807) is 24.3 Å². The molecule has 1 unspecified atom stereocenters. The molecule has 1 aliphatic rings. The molecule has 28 heavy (non-hydrogen) atoms. The Balaban J connectivity index is 1.71. The zero-order chi connectivity index (χ0) is 20.3. The minimum Gasteiger partial charge on any atom is -0.497 e. The summed E-state index contributed by atoms with van der Waals surface area (Å²) in [7, 11) is -2.25. The van der Waals surface area contributed by atoms with Gasteiger partial charge in [-0.2, -0.15) is 0 Å². The lowest BCUT2D eigenvalue weighted by molar-refractivity contribution is -0.118. The van der Waals surface area contributed by atoms with Crippen LogP contribution in [0.2, 0.25) is 0 Å². The first-order valence-electron chi connectivity index (χ1n) is 8.54. The number of hydrogen-bond donors (Lipinski definition) is 2. The van der Waals surface area contributed by atoms with Gasteiger partial charge in [0.15, 0.2) is 16.4 Å². The van der Waals surface area contributed by atoms with Gasteiger partial charge < -0.3 is 20.1 Å². The van der Waals surface area contributed by atoms with Crippen LogP contribution in [0.25, 0.3) is 0 Å². The zero-order valence-corrected chi connectivity index (χ0v) is 16.2. The Hall–Kier alpha value is -3.07. The summed E-state index contributed by atoms with van der Waals surface area (Å²) in [5.74, 6) is 0.143. The number of rotatable bonds is 6. The number of fused-ring (bicyclic) bond motifs is 1. The molecule has 0 bridgehead atoms. The van der Waals surface area contributed by atoms with Gasteiger partial charge in [-0.25, -0.2) is 8.42 Å². The molecule has 148 valence electrons. The highest BCUT2D eigenvalue weighted by Gasteiger charge is 2.28. The van der Waals surface area contributed by atoms with Crippen LogP contribution >= 0.6 is 0 Å². The Bertz CT molecular complexity index is 1020. The molecule has 3 rings (SSSR count). The average molecular weight is 404 g/mol. The predicted octanol–water partition coefficient (Wildman–Crippen LogP) is 2.22. The van der Waals surface area contributed by atoms with Crippen molar-refractivity contribution < 1.29 is 27.5 Å². The highest BCUT2D eigenvalue weighted by Crippen LogP contribution is 2.32. The van der Waals surface area contributed by atoms with Gasteiger partial charge in [-0.15, -0.1) is 0 Å². The Kier molecular flexibility index (Phi) is 5.55. The van der Waals surface area contributed by atoms with E-state index in [1.807, 2.05) is 0 Å². The maximum absolute atomic E-state index is 12.8. The normalized spacial score (nSPS) is 14.3. The molecule has 0 fully saturated rings. The van der Waals surface area contributed by atoms with E-state index in [4.69, 9.17) is 9.47 Å². The van der Waals surface area contributed by atoms with E-state index in [9.17, 15) is 18.0 Å². The molecule has 2 N–H and O–H groups in total. The number of sulfone groups is 1. The van der Waals surface area contributed by atoms with Crippen molar-refractivity contribution in [1.29, 1.82) is 0 Å². The first-order chi connectivity index (χ1) is 13.3. The van der Waals surface area contributed by atoms with E-state index in [1.165, 1.54) is 32.2 Å². The van der Waals surface area contributed by atoms with Crippen LogP contribution in [0.15, 0.2) is 47.4 Å². The Morgan fingerprint density at radius 1 is 1.29 bits per heavy atom. The molecule has 1 heterocycles. The van der Waals surface area contributed by atoms with Crippen molar-refractivity contribution in [2.24, 2.45) is 0 Å². The molecule has 1 atom stereocenters. The van der Waals surface area contributed by atoms with Gasteiger partial charge in [-0.05, 0) is 31.2 Å². The van der Waals surface area contributed by atoms with Crippen LogP contribution in [0, 0.1) is 0 Å². The number of nitrogens with one attached hydrogen (secondary N) is 2. The van der Waals surface area contributed by atoms with Gasteiger partial charge in [0, 0.05) is 24.2 Å². The summed E-state index contributed by atoms with van der Waals surface area (Å²) < 4.78 is 36.0. The Morgan fingerprint density at radius 2 is 2.07 bits per heavy atom. The van der Waals surface area contributed by atoms with Crippen molar-refractivity contribution in [3.63, 3.8) is 0 Å². The van der Waals surface area contributed by atoms with Gasteiger partial charge in [0.1, 0.15) is 11.5 Å². The fourth-order valence-corrected chi connectivity index (χ4v) is 4.11. The minimum atomic E-state index is -3.76. The van der Waals surface area contributed by atoms with Crippen molar-refractivity contribution in [2.75, 3.05) is 24.4 Å². The first-order valence-corrected chi connectivity index (χ1v) is 10.1. The summed E-state index contributed by atoms with van der Waals surface area (Å²) >= 11 is 0. The molecular weight excluding hydrogens is 384 g/mol. The second-order valence-corrected chi connectivity index (χ2v) is 8.70. The Labute approximate surface area is 162 Å². The van der Waals surface area contributed by atoms with Gasteiger partial charge in [0.05, 0.1) is 22.9 Å². The molecule has 0 saturated carbocycles. The van der Waals surface area contributed by atoms with Crippen LogP contribution in [-0.2, 0) is 19.4 Å². The molecule has 2 aromatic carbocycles. The fraction of sp³-hybridized carbons (Fsp3) is 0.263. The quantitative estimate of drug-likeness (QED) is 0.764. The smallest absolute Gasteiger partial charge is 0.262 e. The number of hydrogen-bond acceptors (Lipinski definition) is 6. The monoisotopic (exact) mass is 404 g/mol. The minimum absolute atomic E-state index is 0.0316. The maximum atomic E-state index is 12.8. The van der Waals surface area contributed by atoms with Gasteiger partial charge in [0.25, 0.3) is 5.91 Å². The molecule has 0 spiro atoms. The largest absolute Gasteiger partial charge is 0.497 e. The highest BCUT2D eigenvalue weighted by atomic mass is 32.2. The van der Waals surface area contributed by atoms with Crippen LogP contribution in [0.4, 0.5) is 11.4 Å². The lowest BCUT2D eigenvalue weighted by Crippen LogP contribution is -2.27. The third-order valence-electron chi connectivity index (χ3n) is 4.27. The van der Waals surface area contributed by atoms with Crippen LogP contribution in [-0.4, -0.2) is 39.2 Å². The number of ether oxygens (including phenoxy) is 2. The maximum Gasteiger partial charge on any atom is 0.262 e. The predicted molar refractivity (Wildman–Crippen MR) is 103 cm³/mol. The number of benzene rings is 2. The van der Waals surface area contributed by atoms with Crippen LogP contribution < -0.4 is 20.1 Å². The van der Waals surface area contributed by atoms with Gasteiger partial charge in [0.2, 0.25) is 5.91 Å². The van der Waals surface area contributed by atoms with Gasteiger partial charge in [-0.3, -0.25) is 9.59 Å². The summed E-state index contributed by atoms with van der Waals surface area (Å²) in [6.45, 7) is 1.30. The van der Waals surface area contributed by atoms with Crippen molar-refractivity contribution >= 4 is 33.0 Å². The van der Waals surface area contributed by atoms with Gasteiger partial charge in [-0.1, -0.05) is 6.07 Å². The number of anilines is 2.